The van der Waals surface area contributed by atoms with E-state index in [9.17, 15) is 19.2 Å². The van der Waals surface area contributed by atoms with Gasteiger partial charge in [0.05, 0.1) is 27.8 Å². The summed E-state index contributed by atoms with van der Waals surface area (Å²) < 4.78 is 15.4. The van der Waals surface area contributed by atoms with Crippen molar-refractivity contribution in [2.75, 3.05) is 21.3 Å². The fourth-order valence-corrected chi connectivity index (χ4v) is 6.06. The molecule has 0 saturated heterocycles. The molecule has 3 aromatic carbocycles. The highest BCUT2D eigenvalue weighted by molar-refractivity contribution is 6.30. The van der Waals surface area contributed by atoms with Gasteiger partial charge in [0, 0.05) is 22.1 Å². The zero-order valence-corrected chi connectivity index (χ0v) is 23.6. The molecule has 41 heavy (non-hydrogen) atoms. The molecule has 0 aliphatic heterocycles. The molecule has 0 radical (unpaired) electrons. The van der Waals surface area contributed by atoms with Crippen LogP contribution in [0.3, 0.4) is 0 Å². The van der Waals surface area contributed by atoms with Crippen molar-refractivity contribution >= 4 is 35.3 Å². The van der Waals surface area contributed by atoms with E-state index in [2.05, 4.69) is 11.8 Å². The Morgan fingerprint density at radius 2 is 1.37 bits per heavy atom. The van der Waals surface area contributed by atoms with Crippen LogP contribution < -0.4 is 0 Å². The molecular formula is C33H29ClO7. The molecule has 1 aliphatic rings. The van der Waals surface area contributed by atoms with Crippen LogP contribution in [0.4, 0.5) is 0 Å². The number of ketones is 1. The van der Waals surface area contributed by atoms with Crippen LogP contribution in [-0.4, -0.2) is 45.0 Å². The van der Waals surface area contributed by atoms with E-state index in [0.29, 0.717) is 16.1 Å². The van der Waals surface area contributed by atoms with Crippen molar-refractivity contribution in [3.63, 3.8) is 0 Å². The standard InChI is InChI=1S/C33H29ClO7/c1-39-27(35)20-25-21-33(30(37)40-2,31(38)41-3)28(23-12-8-5-9-13-23)32(25,19-18-22-10-6-4-7-11-22)29(36)24-14-16-26(34)17-15-24/h4-17,25,28H,20-21H2,1-3H3/t25-,28+,32-/m1/s1. The van der Waals surface area contributed by atoms with Crippen LogP contribution in [0, 0.1) is 28.6 Å². The Hall–Kier alpha value is -4.41. The number of Topliss-reactive ketones (excluding diaryl/α,β-unsaturated/α-hetero) is 1. The number of halogens is 1. The van der Waals surface area contributed by atoms with E-state index in [1.54, 1.807) is 78.9 Å². The Morgan fingerprint density at radius 3 is 1.90 bits per heavy atom. The van der Waals surface area contributed by atoms with Gasteiger partial charge in [0.2, 0.25) is 0 Å². The van der Waals surface area contributed by atoms with Gasteiger partial charge in [-0.1, -0.05) is 72.0 Å². The zero-order valence-electron chi connectivity index (χ0n) is 22.9. The maximum atomic E-state index is 14.9. The van der Waals surface area contributed by atoms with Gasteiger partial charge >= 0.3 is 17.9 Å². The minimum atomic E-state index is -2.00. The number of hydrogen-bond acceptors (Lipinski definition) is 7. The predicted molar refractivity (Wildman–Crippen MR) is 152 cm³/mol. The third kappa shape index (κ3) is 5.36. The summed E-state index contributed by atoms with van der Waals surface area (Å²) in [6, 6.07) is 24.0. The van der Waals surface area contributed by atoms with Crippen molar-refractivity contribution in [3.8, 4) is 11.8 Å². The van der Waals surface area contributed by atoms with Crippen molar-refractivity contribution in [1.82, 2.24) is 0 Å². The summed E-state index contributed by atoms with van der Waals surface area (Å²) in [6.07, 6.45) is -0.540. The number of methoxy groups -OCH3 is 3. The van der Waals surface area contributed by atoms with Crippen molar-refractivity contribution in [1.29, 1.82) is 0 Å². The lowest BCUT2D eigenvalue weighted by atomic mass is 9.60. The monoisotopic (exact) mass is 572 g/mol. The van der Waals surface area contributed by atoms with Crippen LogP contribution in [0.2, 0.25) is 5.02 Å². The number of hydrogen-bond donors (Lipinski definition) is 0. The molecule has 3 atom stereocenters. The van der Waals surface area contributed by atoms with Gasteiger partial charge in [-0.25, -0.2) is 0 Å². The van der Waals surface area contributed by atoms with Gasteiger partial charge in [-0.3, -0.25) is 19.2 Å². The van der Waals surface area contributed by atoms with Crippen molar-refractivity contribution in [3.05, 3.63) is 107 Å². The highest BCUT2D eigenvalue weighted by atomic mass is 35.5. The molecule has 1 aliphatic carbocycles. The summed E-state index contributed by atoms with van der Waals surface area (Å²) in [5, 5.41) is 0.418. The quantitative estimate of drug-likeness (QED) is 0.125. The summed E-state index contributed by atoms with van der Waals surface area (Å²) in [6.45, 7) is 0. The van der Waals surface area contributed by atoms with E-state index >= 15 is 0 Å². The average molecular weight is 573 g/mol. The van der Waals surface area contributed by atoms with Crippen molar-refractivity contribution in [2.45, 2.75) is 18.8 Å². The average Bonchev–Trinajstić information content (AvgIpc) is 3.31. The van der Waals surface area contributed by atoms with E-state index in [0.717, 1.165) is 0 Å². The first kappa shape index (κ1) is 29.6. The van der Waals surface area contributed by atoms with Gasteiger partial charge in [0.1, 0.15) is 5.41 Å². The molecule has 3 aromatic rings. The third-order valence-corrected chi connectivity index (χ3v) is 7.95. The van der Waals surface area contributed by atoms with E-state index in [1.165, 1.54) is 21.3 Å². The van der Waals surface area contributed by atoms with Gasteiger partial charge in [-0.05, 0) is 54.3 Å². The van der Waals surface area contributed by atoms with Crippen LogP contribution in [0.1, 0.15) is 40.2 Å². The van der Waals surface area contributed by atoms with Gasteiger partial charge in [0.25, 0.3) is 0 Å². The molecule has 0 spiro atoms. The highest BCUT2D eigenvalue weighted by Crippen LogP contribution is 2.65. The van der Waals surface area contributed by atoms with E-state index in [-0.39, 0.29) is 18.4 Å². The van der Waals surface area contributed by atoms with E-state index in [1.807, 2.05) is 6.07 Å². The summed E-state index contributed by atoms with van der Waals surface area (Å²) in [5.41, 5.74) is -2.44. The van der Waals surface area contributed by atoms with Gasteiger partial charge in [0.15, 0.2) is 11.2 Å². The van der Waals surface area contributed by atoms with Crippen LogP contribution >= 0.6 is 11.6 Å². The SMILES string of the molecule is COC(=O)C[C@@H]1CC(C(=O)OC)(C(=O)OC)[C@@H](c2ccccc2)[C@]1(C#Cc1ccccc1)C(=O)c1ccc(Cl)cc1. The summed E-state index contributed by atoms with van der Waals surface area (Å²) in [7, 11) is 3.57. The van der Waals surface area contributed by atoms with E-state index in [4.69, 9.17) is 25.8 Å². The number of carbonyl (C=O) groups is 4. The molecule has 0 N–H and O–H groups in total. The molecule has 1 saturated carbocycles. The summed E-state index contributed by atoms with van der Waals surface area (Å²) >= 11 is 6.14. The number of carbonyl (C=O) groups excluding carboxylic acids is 4. The molecule has 8 heteroatoms. The molecule has 0 aromatic heterocycles. The normalized spacial score (nSPS) is 20.7. The number of esters is 3. The van der Waals surface area contributed by atoms with Gasteiger partial charge < -0.3 is 14.2 Å². The Kier molecular flexibility index (Phi) is 8.95. The number of rotatable bonds is 7. The lowest BCUT2D eigenvalue weighted by Gasteiger charge is -2.38. The smallest absolute Gasteiger partial charge is 0.323 e. The second-order valence-corrected chi connectivity index (χ2v) is 10.2. The first-order valence-corrected chi connectivity index (χ1v) is 13.3. The topological polar surface area (TPSA) is 96.0 Å². The molecule has 0 unspecified atom stereocenters. The van der Waals surface area contributed by atoms with Gasteiger partial charge in [-0.2, -0.15) is 0 Å². The molecule has 0 heterocycles. The molecule has 4 rings (SSSR count). The third-order valence-electron chi connectivity index (χ3n) is 7.70. The fourth-order valence-electron chi connectivity index (χ4n) is 5.94. The molecule has 210 valence electrons. The number of ether oxygens (including phenoxy) is 3. The Balaban J connectivity index is 2.16. The Morgan fingerprint density at radius 1 is 0.805 bits per heavy atom. The highest BCUT2D eigenvalue weighted by Gasteiger charge is 2.72. The summed E-state index contributed by atoms with van der Waals surface area (Å²) in [4.78, 5) is 55.2. The second-order valence-electron chi connectivity index (χ2n) is 9.80. The maximum absolute atomic E-state index is 14.9. The molecule has 7 nitrogen and oxygen atoms in total. The lowest BCUT2D eigenvalue weighted by molar-refractivity contribution is -0.170. The van der Waals surface area contributed by atoms with Gasteiger partial charge in [-0.15, -0.1) is 0 Å². The molecule has 1 fully saturated rings. The molecule has 0 amide bonds. The second kappa shape index (κ2) is 12.4. The van der Waals surface area contributed by atoms with Crippen LogP contribution in [0.25, 0.3) is 0 Å². The van der Waals surface area contributed by atoms with Crippen molar-refractivity contribution in [2.24, 2.45) is 16.7 Å². The summed E-state index contributed by atoms with van der Waals surface area (Å²) in [5.74, 6) is 1.30. The maximum Gasteiger partial charge on any atom is 0.323 e. The minimum absolute atomic E-state index is 0.246. The van der Waals surface area contributed by atoms with Crippen molar-refractivity contribution < 1.29 is 33.4 Å². The zero-order chi connectivity index (χ0) is 29.6. The van der Waals surface area contributed by atoms with Crippen LogP contribution in [-0.2, 0) is 28.6 Å². The largest absolute Gasteiger partial charge is 0.469 e. The first-order valence-electron chi connectivity index (χ1n) is 12.9. The minimum Gasteiger partial charge on any atom is -0.469 e. The van der Waals surface area contributed by atoms with E-state index < -0.39 is 46.4 Å². The lowest BCUT2D eigenvalue weighted by Crippen LogP contribution is -2.48. The molecule has 0 bridgehead atoms. The Bertz CT molecular complexity index is 1470. The predicted octanol–water partition coefficient (Wildman–Crippen LogP) is 5.26. The first-order chi connectivity index (χ1) is 19.7. The van der Waals surface area contributed by atoms with Crippen LogP contribution in [0.5, 0.6) is 0 Å². The van der Waals surface area contributed by atoms with Crippen LogP contribution in [0.15, 0.2) is 84.9 Å². The fraction of sp³-hybridized carbons (Fsp3) is 0.273. The number of benzene rings is 3. The Labute approximate surface area is 243 Å². The molecular weight excluding hydrogens is 544 g/mol.